The summed E-state index contributed by atoms with van der Waals surface area (Å²) in [6.45, 7) is 4.36. The van der Waals surface area contributed by atoms with Gasteiger partial charge in [-0.3, -0.25) is 9.59 Å². The molecule has 5 heteroatoms. The van der Waals surface area contributed by atoms with E-state index in [0.717, 1.165) is 25.7 Å². The molecule has 0 radical (unpaired) electrons. The van der Waals surface area contributed by atoms with Crippen molar-refractivity contribution in [2.24, 2.45) is 5.73 Å². The van der Waals surface area contributed by atoms with Gasteiger partial charge < -0.3 is 16.2 Å². The van der Waals surface area contributed by atoms with Gasteiger partial charge in [0.2, 0.25) is 5.91 Å². The number of carbonyl (C=O) groups is 2. The zero-order chi connectivity index (χ0) is 19.6. The topological polar surface area (TPSA) is 92.4 Å². The molecule has 0 aromatic heterocycles. The number of nitrogens with two attached hydrogens (primary N) is 1. The van der Waals surface area contributed by atoms with Crippen molar-refractivity contribution in [3.63, 3.8) is 0 Å². The first-order chi connectivity index (χ1) is 12.5. The summed E-state index contributed by atoms with van der Waals surface area (Å²) >= 11 is 0. The van der Waals surface area contributed by atoms with Crippen LogP contribution in [0, 0.1) is 0 Å². The lowest BCUT2D eigenvalue weighted by atomic mass is 10.0. The van der Waals surface area contributed by atoms with E-state index in [0.29, 0.717) is 0 Å². The second-order valence-corrected chi connectivity index (χ2v) is 7.50. The number of hydrogen-bond acceptors (Lipinski definition) is 3. The number of carboxylic acids is 1. The summed E-state index contributed by atoms with van der Waals surface area (Å²) in [7, 11) is 0. The Balaban J connectivity index is 3.81. The second kappa shape index (κ2) is 17.3. The van der Waals surface area contributed by atoms with Crippen LogP contribution in [0.5, 0.6) is 0 Å². The summed E-state index contributed by atoms with van der Waals surface area (Å²) in [5.41, 5.74) is 5.79. The normalized spacial score (nSPS) is 13.3. The molecular formula is C21H42N2O3. The van der Waals surface area contributed by atoms with Gasteiger partial charge in [-0.2, -0.15) is 0 Å². The van der Waals surface area contributed by atoms with Crippen LogP contribution in [0.4, 0.5) is 0 Å². The van der Waals surface area contributed by atoms with Crippen LogP contribution in [-0.4, -0.2) is 29.1 Å². The molecule has 0 aliphatic heterocycles. The lowest BCUT2D eigenvalue weighted by molar-refractivity contribution is -0.137. The van der Waals surface area contributed by atoms with Crippen LogP contribution in [0.2, 0.25) is 0 Å². The maximum absolute atomic E-state index is 12.1. The van der Waals surface area contributed by atoms with Crippen LogP contribution in [-0.2, 0) is 9.59 Å². The van der Waals surface area contributed by atoms with Crippen LogP contribution in [0.15, 0.2) is 0 Å². The standard InChI is InChI=1S/C21H42N2O3/c1-3-5-6-7-8-9-10-11-12-13-15-18(14-4-2)23-21(26)19(22)16-17-20(24)25/h18-19H,3-17,22H2,1-2H3,(H,23,26)(H,24,25)/t18?,19-/m0/s1. The van der Waals surface area contributed by atoms with Gasteiger partial charge in [0.05, 0.1) is 6.04 Å². The molecule has 0 aromatic rings. The highest BCUT2D eigenvalue weighted by atomic mass is 16.4. The molecule has 0 aliphatic rings. The first kappa shape index (κ1) is 24.9. The Kier molecular flexibility index (Phi) is 16.6. The highest BCUT2D eigenvalue weighted by Gasteiger charge is 2.18. The van der Waals surface area contributed by atoms with Crippen molar-refractivity contribution < 1.29 is 14.7 Å². The molecule has 0 heterocycles. The first-order valence-corrected chi connectivity index (χ1v) is 10.8. The summed E-state index contributed by atoms with van der Waals surface area (Å²) in [5.74, 6) is -1.12. The average Bonchev–Trinajstić information content (AvgIpc) is 2.61. The van der Waals surface area contributed by atoms with E-state index in [9.17, 15) is 9.59 Å². The molecule has 5 nitrogen and oxygen atoms in total. The van der Waals surface area contributed by atoms with Gasteiger partial charge in [-0.25, -0.2) is 0 Å². The molecule has 0 fully saturated rings. The first-order valence-electron chi connectivity index (χ1n) is 10.8. The smallest absolute Gasteiger partial charge is 0.303 e. The largest absolute Gasteiger partial charge is 0.481 e. The summed E-state index contributed by atoms with van der Waals surface area (Å²) < 4.78 is 0. The van der Waals surface area contributed by atoms with E-state index in [1.54, 1.807) is 0 Å². The molecule has 0 spiro atoms. The Labute approximate surface area is 160 Å². The number of aliphatic carboxylic acids is 1. The minimum atomic E-state index is -0.913. The van der Waals surface area contributed by atoms with E-state index < -0.39 is 12.0 Å². The predicted octanol–water partition coefficient (Wildman–Crippen LogP) is 4.77. The van der Waals surface area contributed by atoms with E-state index in [2.05, 4.69) is 19.2 Å². The molecule has 0 aromatic carbocycles. The van der Waals surface area contributed by atoms with Crippen LogP contribution < -0.4 is 11.1 Å². The Morgan fingerprint density at radius 2 is 1.35 bits per heavy atom. The van der Waals surface area contributed by atoms with Crippen LogP contribution in [0.25, 0.3) is 0 Å². The van der Waals surface area contributed by atoms with Crippen molar-refractivity contribution in [3.8, 4) is 0 Å². The van der Waals surface area contributed by atoms with Gasteiger partial charge in [0.15, 0.2) is 0 Å². The van der Waals surface area contributed by atoms with Crippen LogP contribution in [0.1, 0.15) is 110 Å². The number of amides is 1. The van der Waals surface area contributed by atoms with E-state index >= 15 is 0 Å². The quantitative estimate of drug-likeness (QED) is 0.303. The molecule has 4 N–H and O–H groups in total. The third kappa shape index (κ3) is 15.2. The second-order valence-electron chi connectivity index (χ2n) is 7.50. The lowest BCUT2D eigenvalue weighted by Crippen LogP contribution is -2.45. The Bertz CT molecular complexity index is 361. The van der Waals surface area contributed by atoms with Crippen LogP contribution in [0.3, 0.4) is 0 Å². The summed E-state index contributed by atoms with van der Waals surface area (Å²) in [5, 5.41) is 11.7. The number of nitrogens with one attached hydrogen (secondary N) is 1. The van der Waals surface area contributed by atoms with Crippen molar-refractivity contribution >= 4 is 11.9 Å². The van der Waals surface area contributed by atoms with Crippen LogP contribution >= 0.6 is 0 Å². The number of carboxylic acid groups (broad SMARTS) is 1. The fraction of sp³-hybridized carbons (Fsp3) is 0.905. The molecule has 1 unspecified atom stereocenters. The molecule has 26 heavy (non-hydrogen) atoms. The van der Waals surface area contributed by atoms with Crippen molar-refractivity contribution in [3.05, 3.63) is 0 Å². The number of rotatable bonds is 18. The maximum atomic E-state index is 12.1. The molecule has 0 saturated carbocycles. The third-order valence-corrected chi connectivity index (χ3v) is 4.90. The highest BCUT2D eigenvalue weighted by molar-refractivity contribution is 5.82. The maximum Gasteiger partial charge on any atom is 0.303 e. The lowest BCUT2D eigenvalue weighted by Gasteiger charge is -2.20. The molecular weight excluding hydrogens is 328 g/mol. The van der Waals surface area contributed by atoms with Crippen molar-refractivity contribution in [2.45, 2.75) is 122 Å². The van der Waals surface area contributed by atoms with Gasteiger partial charge in [-0.1, -0.05) is 84.5 Å². The van der Waals surface area contributed by atoms with Gasteiger partial charge in [0.1, 0.15) is 0 Å². The molecule has 154 valence electrons. The highest BCUT2D eigenvalue weighted by Crippen LogP contribution is 2.13. The third-order valence-electron chi connectivity index (χ3n) is 4.90. The van der Waals surface area contributed by atoms with E-state index in [-0.39, 0.29) is 24.8 Å². The SMILES string of the molecule is CCCCCCCCCCCCC(CCC)NC(=O)[C@@H](N)CCC(=O)O. The molecule has 0 bridgehead atoms. The Morgan fingerprint density at radius 3 is 1.85 bits per heavy atom. The molecule has 2 atom stereocenters. The van der Waals surface area contributed by atoms with Crippen molar-refractivity contribution in [1.29, 1.82) is 0 Å². The number of hydrogen-bond donors (Lipinski definition) is 3. The Hall–Kier alpha value is -1.10. The predicted molar refractivity (Wildman–Crippen MR) is 108 cm³/mol. The van der Waals surface area contributed by atoms with Gasteiger partial charge in [0, 0.05) is 12.5 Å². The van der Waals surface area contributed by atoms with Crippen molar-refractivity contribution in [1.82, 2.24) is 5.32 Å². The van der Waals surface area contributed by atoms with E-state index in [1.165, 1.54) is 57.8 Å². The van der Waals surface area contributed by atoms with Crippen molar-refractivity contribution in [2.75, 3.05) is 0 Å². The van der Waals surface area contributed by atoms with E-state index in [4.69, 9.17) is 10.8 Å². The zero-order valence-electron chi connectivity index (χ0n) is 17.1. The van der Waals surface area contributed by atoms with Gasteiger partial charge in [-0.15, -0.1) is 0 Å². The molecule has 1 amide bonds. The average molecular weight is 371 g/mol. The molecule has 0 saturated heterocycles. The number of unbranched alkanes of at least 4 members (excludes halogenated alkanes) is 9. The van der Waals surface area contributed by atoms with E-state index in [1.807, 2.05) is 0 Å². The zero-order valence-corrected chi connectivity index (χ0v) is 17.1. The number of carbonyl (C=O) groups excluding carboxylic acids is 1. The Morgan fingerprint density at radius 1 is 0.808 bits per heavy atom. The molecule has 0 rings (SSSR count). The van der Waals surface area contributed by atoms with Gasteiger partial charge in [0.25, 0.3) is 0 Å². The fourth-order valence-corrected chi connectivity index (χ4v) is 3.23. The summed E-state index contributed by atoms with van der Waals surface area (Å²) in [6, 6.07) is -0.560. The monoisotopic (exact) mass is 370 g/mol. The minimum Gasteiger partial charge on any atom is -0.481 e. The summed E-state index contributed by atoms with van der Waals surface area (Å²) in [6.07, 6.45) is 16.2. The summed E-state index contributed by atoms with van der Waals surface area (Å²) in [4.78, 5) is 22.7. The fourth-order valence-electron chi connectivity index (χ4n) is 3.23. The molecule has 0 aliphatic carbocycles. The van der Waals surface area contributed by atoms with Gasteiger partial charge >= 0.3 is 5.97 Å². The van der Waals surface area contributed by atoms with Gasteiger partial charge in [-0.05, 0) is 19.3 Å². The minimum absolute atomic E-state index is 0.0640.